The van der Waals surface area contributed by atoms with Crippen molar-refractivity contribution in [2.45, 2.75) is 44.1 Å². The third-order valence-electron chi connectivity index (χ3n) is 3.63. The van der Waals surface area contributed by atoms with Gasteiger partial charge >= 0.3 is 0 Å². The molecule has 0 spiro atoms. The Balaban J connectivity index is 1.87. The second-order valence-corrected chi connectivity index (χ2v) is 5.18. The molecule has 0 aliphatic carbocycles. The van der Waals surface area contributed by atoms with Crippen molar-refractivity contribution < 1.29 is 14.9 Å². The van der Waals surface area contributed by atoms with Crippen molar-refractivity contribution in [3.8, 4) is 0 Å². The average Bonchev–Trinajstić information content (AvgIpc) is 2.87. The van der Waals surface area contributed by atoms with E-state index in [1.54, 1.807) is 18.7 Å². The second-order valence-electron chi connectivity index (χ2n) is 5.18. The molecule has 104 valence electrons. The Morgan fingerprint density at radius 1 is 1.47 bits per heavy atom. The summed E-state index contributed by atoms with van der Waals surface area (Å²) >= 11 is 0. The molecule has 0 aromatic rings. The van der Waals surface area contributed by atoms with Crippen LogP contribution in [0.3, 0.4) is 0 Å². The molecule has 8 nitrogen and oxygen atoms in total. The number of hydrogen-bond donors (Lipinski definition) is 3. The van der Waals surface area contributed by atoms with Crippen LogP contribution in [-0.2, 0) is 4.74 Å². The van der Waals surface area contributed by atoms with E-state index in [0.29, 0.717) is 11.5 Å². The molecule has 3 rings (SSSR count). The first kappa shape index (κ1) is 12.7. The summed E-state index contributed by atoms with van der Waals surface area (Å²) in [7, 11) is 0. The lowest BCUT2D eigenvalue weighted by Gasteiger charge is -2.30. The second kappa shape index (κ2) is 4.07. The number of aliphatic imine (C=N–C) groups is 3. The van der Waals surface area contributed by atoms with E-state index in [9.17, 15) is 10.2 Å². The van der Waals surface area contributed by atoms with Gasteiger partial charge in [0.1, 0.15) is 30.9 Å². The highest BCUT2D eigenvalue weighted by Gasteiger charge is 2.48. The van der Waals surface area contributed by atoms with E-state index in [-0.39, 0.29) is 6.67 Å². The Hall–Kier alpha value is -1.35. The summed E-state index contributed by atoms with van der Waals surface area (Å²) in [5.41, 5.74) is 5.68. The van der Waals surface area contributed by atoms with Crippen LogP contribution in [-0.4, -0.2) is 69.9 Å². The third kappa shape index (κ3) is 1.79. The first-order valence-corrected chi connectivity index (χ1v) is 6.16. The maximum absolute atomic E-state index is 10.0. The van der Waals surface area contributed by atoms with E-state index in [4.69, 9.17) is 10.5 Å². The molecule has 4 N–H and O–H groups in total. The molecule has 3 aliphatic heterocycles. The molecule has 8 heteroatoms. The lowest BCUT2D eigenvalue weighted by Crippen LogP contribution is -2.54. The van der Waals surface area contributed by atoms with Crippen molar-refractivity contribution in [3.05, 3.63) is 0 Å². The topological polar surface area (TPSA) is 116 Å². The summed E-state index contributed by atoms with van der Waals surface area (Å²) in [5.74, 6) is 0.547. The zero-order valence-electron chi connectivity index (χ0n) is 10.8. The molecule has 0 aromatic carbocycles. The van der Waals surface area contributed by atoms with Crippen molar-refractivity contribution in [2.24, 2.45) is 20.7 Å². The molecular formula is C11H17N5O3. The Morgan fingerprint density at radius 3 is 2.84 bits per heavy atom. The lowest BCUT2D eigenvalue weighted by atomic mass is 10.1. The smallest absolute Gasteiger partial charge is 0.162 e. The Kier molecular flexibility index (Phi) is 2.72. The van der Waals surface area contributed by atoms with Gasteiger partial charge in [-0.2, -0.15) is 0 Å². The van der Waals surface area contributed by atoms with E-state index >= 15 is 0 Å². The van der Waals surface area contributed by atoms with Crippen molar-refractivity contribution in [2.75, 3.05) is 6.67 Å². The summed E-state index contributed by atoms with van der Waals surface area (Å²) in [4.78, 5) is 14.3. The zero-order chi connectivity index (χ0) is 13.8. The van der Waals surface area contributed by atoms with Crippen LogP contribution in [0.1, 0.15) is 13.8 Å². The number of ether oxygens (including phenoxy) is 1. The van der Waals surface area contributed by atoms with Gasteiger partial charge in [-0.25, -0.2) is 9.98 Å². The largest absolute Gasteiger partial charge is 0.388 e. The van der Waals surface area contributed by atoms with Gasteiger partial charge in [0.25, 0.3) is 0 Å². The van der Waals surface area contributed by atoms with E-state index in [1.165, 1.54) is 6.34 Å². The van der Waals surface area contributed by atoms with E-state index in [1.807, 2.05) is 0 Å². The monoisotopic (exact) mass is 267 g/mol. The molecule has 3 heterocycles. The summed E-state index contributed by atoms with van der Waals surface area (Å²) in [6.45, 7) is 3.73. The van der Waals surface area contributed by atoms with Crippen LogP contribution < -0.4 is 5.73 Å². The van der Waals surface area contributed by atoms with Gasteiger partial charge in [0.05, 0.1) is 6.10 Å². The van der Waals surface area contributed by atoms with Crippen LogP contribution >= 0.6 is 0 Å². The summed E-state index contributed by atoms with van der Waals surface area (Å²) in [5, 5.41) is 19.8. The third-order valence-corrected chi connectivity index (χ3v) is 3.63. The van der Waals surface area contributed by atoms with Gasteiger partial charge < -0.3 is 25.6 Å². The number of fused-ring (bicyclic) bond motifs is 1. The fourth-order valence-corrected chi connectivity index (χ4v) is 2.49. The minimum absolute atomic E-state index is 0.283. The maximum Gasteiger partial charge on any atom is 0.162 e. The minimum Gasteiger partial charge on any atom is -0.388 e. The number of nitrogens with zero attached hydrogens (tertiary/aromatic N) is 4. The SMILES string of the molecule is C[C@H]1O[C@@H](N2CN=C3C2=NC=NC3(C)N)[C@H](O)[C@@H]1O. The standard InChI is InChI=1S/C11H17N5O3/c1-5-6(17)7(18)10(19-5)16-4-14-8-9(16)13-3-15-11(8,2)12/h3,5-7,10,17-18H,4,12H2,1-2H3/t5-,6-,7-,10-,11?/m1/s1. The predicted octanol–water partition coefficient (Wildman–Crippen LogP) is -1.72. The minimum atomic E-state index is -1.00. The van der Waals surface area contributed by atoms with Crippen LogP contribution in [0, 0.1) is 0 Å². The fourth-order valence-electron chi connectivity index (χ4n) is 2.49. The van der Waals surface area contributed by atoms with Gasteiger partial charge in [-0.1, -0.05) is 0 Å². The van der Waals surface area contributed by atoms with Gasteiger partial charge in [0.15, 0.2) is 17.7 Å². The molecule has 3 aliphatic rings. The van der Waals surface area contributed by atoms with Gasteiger partial charge in [-0.15, -0.1) is 0 Å². The van der Waals surface area contributed by atoms with Crippen LogP contribution in [0.2, 0.25) is 0 Å². The Labute approximate surface area is 110 Å². The van der Waals surface area contributed by atoms with Crippen molar-refractivity contribution in [1.82, 2.24) is 4.90 Å². The number of amidine groups is 1. The van der Waals surface area contributed by atoms with Crippen molar-refractivity contribution >= 4 is 17.9 Å². The predicted molar refractivity (Wildman–Crippen MR) is 69.0 cm³/mol. The normalized spacial score (nSPS) is 45.2. The number of rotatable bonds is 1. The summed E-state index contributed by atoms with van der Waals surface area (Å²) < 4.78 is 5.57. The lowest BCUT2D eigenvalue weighted by molar-refractivity contribution is -0.0530. The number of aliphatic hydroxyl groups excluding tert-OH is 2. The van der Waals surface area contributed by atoms with Crippen LogP contribution in [0.4, 0.5) is 0 Å². The van der Waals surface area contributed by atoms with Crippen molar-refractivity contribution in [1.29, 1.82) is 0 Å². The summed E-state index contributed by atoms with van der Waals surface area (Å²) in [6.07, 6.45) is -1.65. The molecule has 0 amide bonds. The quantitative estimate of drug-likeness (QED) is 0.522. The molecule has 1 saturated heterocycles. The average molecular weight is 267 g/mol. The van der Waals surface area contributed by atoms with Gasteiger partial charge in [0.2, 0.25) is 0 Å². The van der Waals surface area contributed by atoms with E-state index in [0.717, 1.165) is 0 Å². The van der Waals surface area contributed by atoms with Crippen LogP contribution in [0.15, 0.2) is 15.0 Å². The Morgan fingerprint density at radius 2 is 2.21 bits per heavy atom. The molecule has 0 bridgehead atoms. The fraction of sp³-hybridized carbons (Fsp3) is 0.727. The molecule has 0 aromatic heterocycles. The van der Waals surface area contributed by atoms with Crippen LogP contribution in [0.25, 0.3) is 0 Å². The number of hydrogen-bond acceptors (Lipinski definition) is 8. The number of aliphatic hydroxyl groups is 2. The molecule has 0 saturated carbocycles. The molecule has 1 fully saturated rings. The molecule has 1 unspecified atom stereocenters. The van der Waals surface area contributed by atoms with Gasteiger partial charge in [-0.3, -0.25) is 4.99 Å². The highest BCUT2D eigenvalue weighted by atomic mass is 16.6. The van der Waals surface area contributed by atoms with Crippen LogP contribution in [0.5, 0.6) is 0 Å². The van der Waals surface area contributed by atoms with Crippen molar-refractivity contribution in [3.63, 3.8) is 0 Å². The van der Waals surface area contributed by atoms with Gasteiger partial charge in [0, 0.05) is 0 Å². The summed E-state index contributed by atoms with van der Waals surface area (Å²) in [6, 6.07) is 0. The van der Waals surface area contributed by atoms with Gasteiger partial charge in [-0.05, 0) is 13.8 Å². The molecule has 0 radical (unpaired) electrons. The van der Waals surface area contributed by atoms with E-state index < -0.39 is 30.2 Å². The van der Waals surface area contributed by atoms with E-state index in [2.05, 4.69) is 15.0 Å². The molecule has 19 heavy (non-hydrogen) atoms. The highest BCUT2D eigenvalue weighted by Crippen LogP contribution is 2.28. The first-order valence-electron chi connectivity index (χ1n) is 6.16. The Bertz CT molecular complexity index is 487. The molecular weight excluding hydrogens is 250 g/mol. The maximum atomic E-state index is 10.0. The highest BCUT2D eigenvalue weighted by molar-refractivity contribution is 6.47. The zero-order valence-corrected chi connectivity index (χ0v) is 10.8. The first-order chi connectivity index (χ1) is 8.92. The molecule has 5 atom stereocenters. The number of nitrogens with two attached hydrogens (primary N) is 1.